The van der Waals surface area contributed by atoms with Crippen LogP contribution in [0.3, 0.4) is 0 Å². The van der Waals surface area contributed by atoms with E-state index in [1.54, 1.807) is 24.3 Å². The highest BCUT2D eigenvalue weighted by molar-refractivity contribution is 6.31. The third-order valence-electron chi connectivity index (χ3n) is 4.52. The lowest BCUT2D eigenvalue weighted by molar-refractivity contribution is 0.174. The van der Waals surface area contributed by atoms with Crippen LogP contribution in [0.2, 0.25) is 5.02 Å². The molecule has 0 radical (unpaired) electrons. The van der Waals surface area contributed by atoms with Gasteiger partial charge in [-0.05, 0) is 17.7 Å². The summed E-state index contributed by atoms with van der Waals surface area (Å²) in [5.41, 5.74) is 7.59. The molecule has 0 bridgehead atoms. The van der Waals surface area contributed by atoms with Gasteiger partial charge in [0.1, 0.15) is 17.4 Å². The highest BCUT2D eigenvalue weighted by Gasteiger charge is 2.35. The number of hydrogen-bond acceptors (Lipinski definition) is 7. The maximum absolute atomic E-state index is 9.71. The summed E-state index contributed by atoms with van der Waals surface area (Å²) in [4.78, 5) is 0. The van der Waals surface area contributed by atoms with Gasteiger partial charge in [-0.15, -0.1) is 0 Å². The van der Waals surface area contributed by atoms with Gasteiger partial charge >= 0.3 is 0 Å². The van der Waals surface area contributed by atoms with Crippen LogP contribution in [0.4, 0.5) is 0 Å². The number of nitrogens with zero attached hydrogens (tertiary/aromatic N) is 1. The zero-order valence-corrected chi connectivity index (χ0v) is 15.3. The molecule has 0 aromatic heterocycles. The van der Waals surface area contributed by atoms with Crippen molar-refractivity contribution in [3.05, 3.63) is 51.9 Å². The molecule has 2 aliphatic rings. The predicted octanol–water partition coefficient (Wildman–Crippen LogP) is 3.30. The summed E-state index contributed by atoms with van der Waals surface area (Å²) in [5, 5.41) is 10.1. The minimum atomic E-state index is -0.555. The lowest BCUT2D eigenvalue weighted by atomic mass is 9.83. The van der Waals surface area contributed by atoms with Crippen molar-refractivity contribution in [1.82, 2.24) is 0 Å². The molecule has 0 saturated heterocycles. The Morgan fingerprint density at radius 1 is 1.04 bits per heavy atom. The van der Waals surface area contributed by atoms with Crippen LogP contribution in [0.15, 0.2) is 35.7 Å². The smallest absolute Gasteiger partial charge is 0.231 e. The van der Waals surface area contributed by atoms with E-state index in [4.69, 9.17) is 41.0 Å². The Kier molecular flexibility index (Phi) is 4.13. The molecule has 0 saturated carbocycles. The number of allylic oxidation sites excluding steroid dienone is 1. The third kappa shape index (κ3) is 2.66. The van der Waals surface area contributed by atoms with E-state index in [1.807, 2.05) is 0 Å². The Labute approximate surface area is 160 Å². The average molecular weight is 387 g/mol. The van der Waals surface area contributed by atoms with Crippen LogP contribution in [0.5, 0.6) is 28.7 Å². The summed E-state index contributed by atoms with van der Waals surface area (Å²) >= 11 is 6.52. The van der Waals surface area contributed by atoms with Gasteiger partial charge < -0.3 is 29.4 Å². The van der Waals surface area contributed by atoms with Crippen LogP contribution in [-0.4, -0.2) is 21.0 Å². The largest absolute Gasteiger partial charge is 0.493 e. The summed E-state index contributed by atoms with van der Waals surface area (Å²) < 4.78 is 27.2. The Balaban J connectivity index is 1.95. The van der Waals surface area contributed by atoms with Crippen molar-refractivity contribution in [3.8, 4) is 34.8 Å². The van der Waals surface area contributed by atoms with Crippen molar-refractivity contribution >= 4 is 11.6 Å². The van der Waals surface area contributed by atoms with E-state index in [9.17, 15) is 5.26 Å². The molecular weight excluding hydrogens is 372 g/mol. The highest BCUT2D eigenvalue weighted by atomic mass is 35.5. The van der Waals surface area contributed by atoms with Gasteiger partial charge in [0.05, 0.1) is 20.1 Å². The summed E-state index contributed by atoms with van der Waals surface area (Å²) in [5.74, 6) is 2.03. The van der Waals surface area contributed by atoms with E-state index < -0.39 is 5.92 Å². The second-order valence-corrected chi connectivity index (χ2v) is 6.30. The van der Waals surface area contributed by atoms with E-state index in [0.717, 1.165) is 0 Å². The molecule has 138 valence electrons. The zero-order chi connectivity index (χ0) is 19.1. The second-order valence-electron chi connectivity index (χ2n) is 5.90. The number of rotatable bonds is 3. The molecule has 4 rings (SSSR count). The number of ether oxygens (including phenoxy) is 5. The van der Waals surface area contributed by atoms with E-state index in [2.05, 4.69) is 6.07 Å². The van der Waals surface area contributed by atoms with Gasteiger partial charge in [0.15, 0.2) is 23.0 Å². The fraction of sp³-hybridized carbons (Fsp3) is 0.211. The summed E-state index contributed by atoms with van der Waals surface area (Å²) in [6.07, 6.45) is 0. The fourth-order valence-electron chi connectivity index (χ4n) is 3.26. The molecule has 0 fully saturated rings. The van der Waals surface area contributed by atoms with Gasteiger partial charge in [0.25, 0.3) is 0 Å². The first-order valence-corrected chi connectivity index (χ1v) is 8.37. The zero-order valence-electron chi connectivity index (χ0n) is 14.5. The van der Waals surface area contributed by atoms with Crippen molar-refractivity contribution in [2.24, 2.45) is 5.73 Å². The van der Waals surface area contributed by atoms with Gasteiger partial charge in [0.2, 0.25) is 12.7 Å². The van der Waals surface area contributed by atoms with Gasteiger partial charge in [0, 0.05) is 22.7 Å². The molecule has 8 heteroatoms. The normalized spacial score (nSPS) is 17.0. The van der Waals surface area contributed by atoms with E-state index in [1.165, 1.54) is 14.2 Å². The second kappa shape index (κ2) is 6.49. The van der Waals surface area contributed by atoms with Crippen LogP contribution in [0.1, 0.15) is 17.0 Å². The molecule has 2 heterocycles. The molecule has 27 heavy (non-hydrogen) atoms. The highest BCUT2D eigenvalue weighted by Crippen LogP contribution is 2.50. The van der Waals surface area contributed by atoms with E-state index in [-0.39, 0.29) is 18.2 Å². The van der Waals surface area contributed by atoms with Crippen molar-refractivity contribution in [1.29, 1.82) is 5.26 Å². The molecule has 7 nitrogen and oxygen atoms in total. The molecule has 0 amide bonds. The van der Waals surface area contributed by atoms with Crippen LogP contribution < -0.4 is 29.4 Å². The third-order valence-corrected chi connectivity index (χ3v) is 4.85. The molecule has 0 spiro atoms. The van der Waals surface area contributed by atoms with Crippen molar-refractivity contribution in [3.63, 3.8) is 0 Å². The van der Waals surface area contributed by atoms with Gasteiger partial charge in [-0.25, -0.2) is 0 Å². The van der Waals surface area contributed by atoms with Gasteiger partial charge in [-0.2, -0.15) is 5.26 Å². The molecule has 1 atom stereocenters. The molecule has 2 aromatic carbocycles. The summed E-state index contributed by atoms with van der Waals surface area (Å²) in [7, 11) is 3.05. The monoisotopic (exact) mass is 386 g/mol. The molecule has 1 unspecified atom stereocenters. The number of hydrogen-bond donors (Lipinski definition) is 1. The Morgan fingerprint density at radius 3 is 2.37 bits per heavy atom. The first kappa shape index (κ1) is 17.2. The fourth-order valence-corrected chi connectivity index (χ4v) is 3.52. The van der Waals surface area contributed by atoms with Crippen molar-refractivity contribution in [2.45, 2.75) is 5.92 Å². The maximum atomic E-state index is 9.71. The first-order chi connectivity index (χ1) is 13.1. The topological polar surface area (TPSA) is 96.0 Å². The van der Waals surface area contributed by atoms with Crippen LogP contribution in [0.25, 0.3) is 0 Å². The number of nitriles is 1. The predicted molar refractivity (Wildman–Crippen MR) is 96.4 cm³/mol. The standard InChI is InChI=1S/C19H15ClN2O5/c1-23-14-3-9(12(20)5-15(14)24-2)18-10-4-16-17(26-8-25-16)6-13(10)27-19(22)11(18)7-21/h3-6,18H,8,22H2,1-2H3. The van der Waals surface area contributed by atoms with Gasteiger partial charge in [-0.3, -0.25) is 0 Å². The van der Waals surface area contributed by atoms with Crippen LogP contribution in [-0.2, 0) is 0 Å². The number of halogens is 1. The Bertz CT molecular complexity index is 1010. The van der Waals surface area contributed by atoms with E-state index in [0.29, 0.717) is 44.9 Å². The van der Waals surface area contributed by atoms with E-state index >= 15 is 0 Å². The maximum Gasteiger partial charge on any atom is 0.231 e. The van der Waals surface area contributed by atoms with Crippen molar-refractivity contribution < 1.29 is 23.7 Å². The number of methoxy groups -OCH3 is 2. The number of benzene rings is 2. The Morgan fingerprint density at radius 2 is 1.70 bits per heavy atom. The molecule has 2 aromatic rings. The van der Waals surface area contributed by atoms with Gasteiger partial charge in [-0.1, -0.05) is 11.6 Å². The summed E-state index contributed by atoms with van der Waals surface area (Å²) in [6, 6.07) is 8.98. The molecule has 2 aliphatic heterocycles. The minimum Gasteiger partial charge on any atom is -0.493 e. The molecule has 0 aliphatic carbocycles. The SMILES string of the molecule is COc1cc(Cl)c(C2C(C#N)=C(N)Oc3cc4c(cc32)OCO4)cc1OC. The lowest BCUT2D eigenvalue weighted by Crippen LogP contribution is -2.21. The van der Waals surface area contributed by atoms with Crippen LogP contribution >= 0.6 is 11.6 Å². The quantitative estimate of drug-likeness (QED) is 0.864. The number of fused-ring (bicyclic) bond motifs is 2. The van der Waals surface area contributed by atoms with Crippen LogP contribution in [0, 0.1) is 11.3 Å². The minimum absolute atomic E-state index is 0.0136. The number of nitrogens with two attached hydrogens (primary N) is 1. The average Bonchev–Trinajstić information content (AvgIpc) is 3.12. The molecular formula is C19H15ClN2O5. The summed E-state index contributed by atoms with van der Waals surface area (Å²) in [6.45, 7) is 0.119. The van der Waals surface area contributed by atoms with Crippen molar-refractivity contribution in [2.75, 3.05) is 21.0 Å². The first-order valence-electron chi connectivity index (χ1n) is 8.00. The molecule has 2 N–H and O–H groups in total. The Hall–Kier alpha value is -3.24. The lowest BCUT2D eigenvalue weighted by Gasteiger charge is -2.27.